The van der Waals surface area contributed by atoms with E-state index in [1.54, 1.807) is 0 Å². The molecule has 1 aromatic carbocycles. The van der Waals surface area contributed by atoms with E-state index in [-0.39, 0.29) is 5.97 Å². The van der Waals surface area contributed by atoms with Crippen LogP contribution in [0.3, 0.4) is 0 Å². The second kappa shape index (κ2) is 5.22. The van der Waals surface area contributed by atoms with Crippen molar-refractivity contribution in [2.75, 3.05) is 18.2 Å². The Hall–Kier alpha value is -1.16. The molecule has 0 saturated carbocycles. The van der Waals surface area contributed by atoms with Crippen molar-refractivity contribution in [1.29, 1.82) is 0 Å². The fourth-order valence-electron chi connectivity index (χ4n) is 2.11. The van der Waals surface area contributed by atoms with Crippen LogP contribution >= 0.6 is 11.8 Å². The van der Waals surface area contributed by atoms with Crippen LogP contribution in [-0.2, 0) is 16.0 Å². The van der Waals surface area contributed by atoms with Gasteiger partial charge in [0.1, 0.15) is 5.54 Å². The van der Waals surface area contributed by atoms with Crippen molar-refractivity contribution in [3.8, 4) is 0 Å². The summed E-state index contributed by atoms with van der Waals surface area (Å²) in [5, 5.41) is 3.24. The summed E-state index contributed by atoms with van der Waals surface area (Å²) in [5.41, 5.74) is 1.65. The van der Waals surface area contributed by atoms with E-state index in [0.29, 0.717) is 0 Å². The van der Waals surface area contributed by atoms with Crippen LogP contribution in [0.4, 0.5) is 5.69 Å². The first kappa shape index (κ1) is 13.3. The molecule has 1 aromatic rings. The maximum atomic E-state index is 11.6. The monoisotopic (exact) mass is 265 g/mol. The molecule has 4 heteroatoms. The third-order valence-electron chi connectivity index (χ3n) is 3.06. The smallest absolute Gasteiger partial charge is 0.330 e. The third-order valence-corrected chi connectivity index (χ3v) is 4.26. The average Bonchev–Trinajstić information content (AvgIpc) is 2.37. The zero-order chi connectivity index (χ0) is 13.2. The summed E-state index contributed by atoms with van der Waals surface area (Å²) in [6.07, 6.45) is 2.35. The van der Waals surface area contributed by atoms with Gasteiger partial charge in [0.05, 0.1) is 7.11 Å². The highest BCUT2D eigenvalue weighted by molar-refractivity contribution is 7.99. The lowest BCUT2D eigenvalue weighted by Gasteiger charge is -2.25. The molecule has 0 aliphatic carbocycles. The minimum Gasteiger partial charge on any atom is -0.467 e. The SMILES string of the molecule is COC(=O)C(C)(C)Nc1ccc2c(c1)CCCS2. The van der Waals surface area contributed by atoms with Gasteiger partial charge in [-0.05, 0) is 56.2 Å². The van der Waals surface area contributed by atoms with Crippen LogP contribution in [0, 0.1) is 0 Å². The maximum Gasteiger partial charge on any atom is 0.330 e. The topological polar surface area (TPSA) is 38.3 Å². The van der Waals surface area contributed by atoms with E-state index in [1.807, 2.05) is 31.7 Å². The molecular formula is C14H19NO2S. The van der Waals surface area contributed by atoms with E-state index in [1.165, 1.54) is 29.7 Å². The standard InChI is InChI=1S/C14H19NO2S/c1-14(2,13(16)17-3)15-11-6-7-12-10(9-11)5-4-8-18-12/h6-7,9,15H,4-5,8H2,1-3H3. The number of hydrogen-bond donors (Lipinski definition) is 1. The van der Waals surface area contributed by atoms with Crippen molar-refractivity contribution < 1.29 is 9.53 Å². The Morgan fingerprint density at radius 1 is 1.44 bits per heavy atom. The van der Waals surface area contributed by atoms with Gasteiger partial charge >= 0.3 is 5.97 Å². The second-order valence-corrected chi connectivity index (χ2v) is 6.15. The zero-order valence-electron chi connectivity index (χ0n) is 11.1. The summed E-state index contributed by atoms with van der Waals surface area (Å²) in [4.78, 5) is 13.0. The van der Waals surface area contributed by atoms with Crippen molar-refractivity contribution in [1.82, 2.24) is 0 Å². The number of carbonyl (C=O) groups is 1. The predicted octanol–water partition coefficient (Wildman–Crippen LogP) is 3.09. The Kier molecular flexibility index (Phi) is 3.85. The molecule has 0 atom stereocenters. The fourth-order valence-corrected chi connectivity index (χ4v) is 3.12. The number of hydrogen-bond acceptors (Lipinski definition) is 4. The zero-order valence-corrected chi connectivity index (χ0v) is 11.9. The van der Waals surface area contributed by atoms with Gasteiger partial charge in [0.25, 0.3) is 0 Å². The van der Waals surface area contributed by atoms with E-state index in [0.717, 1.165) is 12.1 Å². The third kappa shape index (κ3) is 2.80. The summed E-state index contributed by atoms with van der Waals surface area (Å²) in [6.45, 7) is 3.65. The lowest BCUT2D eigenvalue weighted by Crippen LogP contribution is -2.41. The molecule has 0 aromatic heterocycles. The number of rotatable bonds is 3. The number of nitrogens with one attached hydrogen (secondary N) is 1. The largest absolute Gasteiger partial charge is 0.467 e. The highest BCUT2D eigenvalue weighted by Gasteiger charge is 2.28. The van der Waals surface area contributed by atoms with Gasteiger partial charge in [0.2, 0.25) is 0 Å². The van der Waals surface area contributed by atoms with Crippen LogP contribution < -0.4 is 5.32 Å². The summed E-state index contributed by atoms with van der Waals surface area (Å²) in [7, 11) is 1.41. The van der Waals surface area contributed by atoms with Crippen LogP contribution in [0.25, 0.3) is 0 Å². The maximum absolute atomic E-state index is 11.6. The lowest BCUT2D eigenvalue weighted by atomic mass is 10.0. The van der Waals surface area contributed by atoms with E-state index < -0.39 is 5.54 Å². The molecule has 1 aliphatic heterocycles. The molecule has 0 radical (unpaired) electrons. The Morgan fingerprint density at radius 3 is 2.94 bits per heavy atom. The average molecular weight is 265 g/mol. The van der Waals surface area contributed by atoms with E-state index in [9.17, 15) is 4.79 Å². The Bertz CT molecular complexity index is 457. The van der Waals surface area contributed by atoms with E-state index in [4.69, 9.17) is 4.74 Å². The minimum atomic E-state index is -0.704. The molecule has 0 saturated heterocycles. The van der Waals surface area contributed by atoms with Gasteiger partial charge in [-0.3, -0.25) is 0 Å². The first-order chi connectivity index (χ1) is 8.53. The molecule has 3 nitrogen and oxygen atoms in total. The van der Waals surface area contributed by atoms with Gasteiger partial charge < -0.3 is 10.1 Å². The van der Waals surface area contributed by atoms with Gasteiger partial charge in [-0.1, -0.05) is 0 Å². The molecule has 98 valence electrons. The van der Waals surface area contributed by atoms with Crippen molar-refractivity contribution >= 4 is 23.4 Å². The van der Waals surface area contributed by atoms with Crippen LogP contribution in [0.2, 0.25) is 0 Å². The molecule has 1 heterocycles. The number of anilines is 1. The van der Waals surface area contributed by atoms with Crippen molar-refractivity contribution in [3.63, 3.8) is 0 Å². The number of methoxy groups -OCH3 is 1. The number of aryl methyl sites for hydroxylation is 1. The van der Waals surface area contributed by atoms with Gasteiger partial charge in [-0.15, -0.1) is 11.8 Å². The summed E-state index contributed by atoms with van der Waals surface area (Å²) in [5.74, 6) is 0.947. The van der Waals surface area contributed by atoms with Gasteiger partial charge in [0.15, 0.2) is 0 Å². The number of thioether (sulfide) groups is 1. The predicted molar refractivity (Wildman–Crippen MR) is 75.2 cm³/mol. The quantitative estimate of drug-likeness (QED) is 0.852. The molecular weight excluding hydrogens is 246 g/mol. The van der Waals surface area contributed by atoms with Gasteiger partial charge in [0, 0.05) is 10.6 Å². The Morgan fingerprint density at radius 2 is 2.22 bits per heavy atom. The molecule has 2 rings (SSSR count). The molecule has 0 bridgehead atoms. The molecule has 18 heavy (non-hydrogen) atoms. The molecule has 0 spiro atoms. The minimum absolute atomic E-state index is 0.255. The Labute approximate surface area is 112 Å². The number of benzene rings is 1. The number of ether oxygens (including phenoxy) is 1. The summed E-state index contributed by atoms with van der Waals surface area (Å²) < 4.78 is 4.79. The number of esters is 1. The molecule has 0 fully saturated rings. The highest BCUT2D eigenvalue weighted by Crippen LogP contribution is 2.32. The fraction of sp³-hybridized carbons (Fsp3) is 0.500. The van der Waals surface area contributed by atoms with Crippen molar-refractivity contribution in [2.24, 2.45) is 0 Å². The number of fused-ring (bicyclic) bond motifs is 1. The summed E-state index contributed by atoms with van der Waals surface area (Å²) in [6, 6.07) is 6.31. The Balaban J connectivity index is 2.17. The second-order valence-electron chi connectivity index (χ2n) is 5.02. The highest BCUT2D eigenvalue weighted by atomic mass is 32.2. The van der Waals surface area contributed by atoms with Gasteiger partial charge in [-0.2, -0.15) is 0 Å². The van der Waals surface area contributed by atoms with Crippen LogP contribution in [0.15, 0.2) is 23.1 Å². The van der Waals surface area contributed by atoms with Crippen LogP contribution in [0.1, 0.15) is 25.8 Å². The van der Waals surface area contributed by atoms with Crippen molar-refractivity contribution in [3.05, 3.63) is 23.8 Å². The first-order valence-corrected chi connectivity index (χ1v) is 7.14. The molecule has 0 unspecified atom stereocenters. The van der Waals surface area contributed by atoms with E-state index >= 15 is 0 Å². The van der Waals surface area contributed by atoms with Crippen LogP contribution in [-0.4, -0.2) is 24.4 Å². The van der Waals surface area contributed by atoms with E-state index in [2.05, 4.69) is 17.4 Å². The first-order valence-electron chi connectivity index (χ1n) is 6.15. The molecule has 1 aliphatic rings. The number of carbonyl (C=O) groups excluding carboxylic acids is 1. The van der Waals surface area contributed by atoms with Crippen molar-refractivity contribution in [2.45, 2.75) is 37.1 Å². The normalized spacial score (nSPS) is 14.8. The van der Waals surface area contributed by atoms with Crippen LogP contribution in [0.5, 0.6) is 0 Å². The lowest BCUT2D eigenvalue weighted by molar-refractivity contribution is -0.144. The molecule has 1 N–H and O–H groups in total. The summed E-state index contributed by atoms with van der Waals surface area (Å²) >= 11 is 1.91. The van der Waals surface area contributed by atoms with Gasteiger partial charge in [-0.25, -0.2) is 4.79 Å². The molecule has 0 amide bonds.